The molecule has 3 aromatic rings. The predicted octanol–water partition coefficient (Wildman–Crippen LogP) is 3.40. The van der Waals surface area contributed by atoms with Crippen LogP contribution in [0.5, 0.6) is 0 Å². The first-order chi connectivity index (χ1) is 9.58. The summed E-state index contributed by atoms with van der Waals surface area (Å²) in [7, 11) is 3.50. The molecule has 1 heterocycles. The maximum absolute atomic E-state index is 12.4. The predicted molar refractivity (Wildman–Crippen MR) is 82.0 cm³/mol. The molecular weight excluding hydrogens is 248 g/mol. The molecule has 0 spiro atoms. The van der Waals surface area contributed by atoms with Gasteiger partial charge in [0.1, 0.15) is 5.69 Å². The first-order valence-corrected chi connectivity index (χ1v) is 6.58. The third-order valence-electron chi connectivity index (χ3n) is 3.47. The molecule has 0 aliphatic heterocycles. The Bertz CT molecular complexity index is 822. The minimum atomic E-state index is -0.0652. The van der Waals surface area contributed by atoms with Crippen LogP contribution in [0.1, 0.15) is 16.1 Å². The van der Waals surface area contributed by atoms with E-state index in [0.717, 1.165) is 27.2 Å². The fourth-order valence-electron chi connectivity index (χ4n) is 2.44. The Kier molecular flexibility index (Phi) is 2.90. The highest BCUT2D eigenvalue weighted by molar-refractivity contribution is 6.14. The second-order valence-electron chi connectivity index (χ2n) is 5.23. The van der Waals surface area contributed by atoms with E-state index in [2.05, 4.69) is 17.1 Å². The number of carbonyl (C=O) groups is 1. The summed E-state index contributed by atoms with van der Waals surface area (Å²) in [5.74, 6) is -0.0652. The number of amides is 1. The average molecular weight is 264 g/mol. The van der Waals surface area contributed by atoms with E-state index in [1.165, 1.54) is 0 Å². The van der Waals surface area contributed by atoms with Crippen LogP contribution in [-0.2, 0) is 0 Å². The molecule has 1 amide bonds. The standard InChI is InChI=1S/C17H16N2O/c1-11-8-9-13-12-6-4-5-7-14(12)16(17(20)19(2)3)18-15(13)10-11/h4-10H,1-3H3. The Labute approximate surface area is 117 Å². The lowest BCUT2D eigenvalue weighted by Gasteiger charge is -2.13. The van der Waals surface area contributed by atoms with E-state index in [4.69, 9.17) is 0 Å². The summed E-state index contributed by atoms with van der Waals surface area (Å²) in [5.41, 5.74) is 2.53. The Morgan fingerprint density at radius 3 is 2.40 bits per heavy atom. The molecule has 3 nitrogen and oxygen atoms in total. The van der Waals surface area contributed by atoms with Gasteiger partial charge in [-0.3, -0.25) is 4.79 Å². The highest BCUT2D eigenvalue weighted by atomic mass is 16.2. The number of aryl methyl sites for hydroxylation is 1. The first-order valence-electron chi connectivity index (χ1n) is 6.58. The molecule has 20 heavy (non-hydrogen) atoms. The molecule has 0 saturated carbocycles. The third-order valence-corrected chi connectivity index (χ3v) is 3.47. The van der Waals surface area contributed by atoms with Gasteiger partial charge in [0.05, 0.1) is 5.52 Å². The van der Waals surface area contributed by atoms with Crippen molar-refractivity contribution in [3.05, 3.63) is 53.7 Å². The van der Waals surface area contributed by atoms with E-state index in [9.17, 15) is 4.79 Å². The van der Waals surface area contributed by atoms with E-state index in [1.54, 1.807) is 19.0 Å². The fourth-order valence-corrected chi connectivity index (χ4v) is 2.44. The van der Waals surface area contributed by atoms with Crippen molar-refractivity contribution in [3.8, 4) is 0 Å². The van der Waals surface area contributed by atoms with Crippen molar-refractivity contribution in [1.29, 1.82) is 0 Å². The van der Waals surface area contributed by atoms with Crippen molar-refractivity contribution in [2.45, 2.75) is 6.92 Å². The summed E-state index contributed by atoms with van der Waals surface area (Å²) in [5, 5.41) is 3.06. The number of benzene rings is 2. The van der Waals surface area contributed by atoms with Crippen LogP contribution in [0.3, 0.4) is 0 Å². The Morgan fingerprint density at radius 2 is 1.70 bits per heavy atom. The molecule has 3 rings (SSSR count). The summed E-state index contributed by atoms with van der Waals surface area (Å²) in [6.45, 7) is 2.03. The molecule has 0 bridgehead atoms. The van der Waals surface area contributed by atoms with Gasteiger partial charge in [0, 0.05) is 24.9 Å². The molecule has 1 aromatic heterocycles. The summed E-state index contributed by atoms with van der Waals surface area (Å²) in [6.07, 6.45) is 0. The number of hydrogen-bond acceptors (Lipinski definition) is 2. The molecule has 0 radical (unpaired) electrons. The van der Waals surface area contributed by atoms with Crippen LogP contribution < -0.4 is 0 Å². The maximum Gasteiger partial charge on any atom is 0.272 e. The quantitative estimate of drug-likeness (QED) is 0.631. The lowest BCUT2D eigenvalue weighted by molar-refractivity contribution is 0.0824. The van der Waals surface area contributed by atoms with Gasteiger partial charge < -0.3 is 4.90 Å². The second-order valence-corrected chi connectivity index (χ2v) is 5.23. The van der Waals surface area contributed by atoms with Crippen LogP contribution in [0.4, 0.5) is 0 Å². The molecule has 3 heteroatoms. The first kappa shape index (κ1) is 12.6. The van der Waals surface area contributed by atoms with Crippen molar-refractivity contribution in [2.24, 2.45) is 0 Å². The average Bonchev–Trinajstić information content (AvgIpc) is 2.45. The van der Waals surface area contributed by atoms with Crippen LogP contribution >= 0.6 is 0 Å². The van der Waals surface area contributed by atoms with Gasteiger partial charge in [-0.2, -0.15) is 0 Å². The number of fused-ring (bicyclic) bond motifs is 3. The Balaban J connectivity index is 2.46. The lowest BCUT2D eigenvalue weighted by atomic mass is 10.0. The smallest absolute Gasteiger partial charge is 0.272 e. The zero-order valence-electron chi connectivity index (χ0n) is 11.8. The van der Waals surface area contributed by atoms with Gasteiger partial charge in [0.25, 0.3) is 5.91 Å². The number of nitrogens with zero attached hydrogens (tertiary/aromatic N) is 2. The van der Waals surface area contributed by atoms with Gasteiger partial charge >= 0.3 is 0 Å². The van der Waals surface area contributed by atoms with E-state index >= 15 is 0 Å². The van der Waals surface area contributed by atoms with Gasteiger partial charge in [-0.15, -0.1) is 0 Å². The highest BCUT2D eigenvalue weighted by Gasteiger charge is 2.16. The molecule has 0 unspecified atom stereocenters. The van der Waals surface area contributed by atoms with Crippen molar-refractivity contribution >= 4 is 27.6 Å². The zero-order chi connectivity index (χ0) is 14.3. The summed E-state index contributed by atoms with van der Waals surface area (Å²) < 4.78 is 0. The van der Waals surface area contributed by atoms with Crippen LogP contribution in [-0.4, -0.2) is 29.9 Å². The molecule has 0 aliphatic carbocycles. The van der Waals surface area contributed by atoms with E-state index < -0.39 is 0 Å². The Hall–Kier alpha value is -2.42. The third kappa shape index (κ3) is 1.92. The van der Waals surface area contributed by atoms with E-state index in [0.29, 0.717) is 5.69 Å². The molecule has 0 fully saturated rings. The van der Waals surface area contributed by atoms with Gasteiger partial charge in [-0.05, 0) is 23.9 Å². The van der Waals surface area contributed by atoms with Crippen LogP contribution in [0, 0.1) is 6.92 Å². The largest absolute Gasteiger partial charge is 0.343 e. The van der Waals surface area contributed by atoms with Gasteiger partial charge in [-0.25, -0.2) is 4.98 Å². The minimum absolute atomic E-state index is 0.0652. The molecule has 0 aliphatic rings. The monoisotopic (exact) mass is 264 g/mol. The molecule has 0 saturated heterocycles. The van der Waals surface area contributed by atoms with Crippen molar-refractivity contribution in [1.82, 2.24) is 9.88 Å². The van der Waals surface area contributed by atoms with Gasteiger partial charge in [0.15, 0.2) is 0 Å². The van der Waals surface area contributed by atoms with Crippen molar-refractivity contribution in [2.75, 3.05) is 14.1 Å². The number of aromatic nitrogens is 1. The number of rotatable bonds is 1. The minimum Gasteiger partial charge on any atom is -0.343 e. The molecule has 0 N–H and O–H groups in total. The zero-order valence-corrected chi connectivity index (χ0v) is 11.8. The SMILES string of the molecule is Cc1ccc2c(c1)nc(C(=O)N(C)C)c1ccccc12. The summed E-state index contributed by atoms with van der Waals surface area (Å²) >= 11 is 0. The molecule has 0 atom stereocenters. The summed E-state index contributed by atoms with van der Waals surface area (Å²) in [6, 6.07) is 14.1. The van der Waals surface area contributed by atoms with Crippen molar-refractivity contribution in [3.63, 3.8) is 0 Å². The fraction of sp³-hybridized carbons (Fsp3) is 0.176. The van der Waals surface area contributed by atoms with Gasteiger partial charge in [-0.1, -0.05) is 36.4 Å². The van der Waals surface area contributed by atoms with Crippen LogP contribution in [0.2, 0.25) is 0 Å². The Morgan fingerprint density at radius 1 is 1.00 bits per heavy atom. The van der Waals surface area contributed by atoms with Crippen LogP contribution in [0.15, 0.2) is 42.5 Å². The number of carbonyl (C=O) groups excluding carboxylic acids is 1. The second kappa shape index (κ2) is 4.60. The van der Waals surface area contributed by atoms with Crippen LogP contribution in [0.25, 0.3) is 21.7 Å². The summed E-state index contributed by atoms with van der Waals surface area (Å²) in [4.78, 5) is 18.5. The normalized spacial score (nSPS) is 10.9. The number of hydrogen-bond donors (Lipinski definition) is 0. The number of pyridine rings is 1. The van der Waals surface area contributed by atoms with Crippen molar-refractivity contribution < 1.29 is 4.79 Å². The highest BCUT2D eigenvalue weighted by Crippen LogP contribution is 2.27. The van der Waals surface area contributed by atoms with E-state index in [1.807, 2.05) is 37.3 Å². The molecule has 100 valence electrons. The lowest BCUT2D eigenvalue weighted by Crippen LogP contribution is -2.23. The molecular formula is C17H16N2O. The van der Waals surface area contributed by atoms with E-state index in [-0.39, 0.29) is 5.91 Å². The molecule has 2 aromatic carbocycles. The maximum atomic E-state index is 12.4. The topological polar surface area (TPSA) is 33.2 Å². The van der Waals surface area contributed by atoms with Gasteiger partial charge in [0.2, 0.25) is 0 Å².